The lowest BCUT2D eigenvalue weighted by molar-refractivity contribution is -0.137. The highest BCUT2D eigenvalue weighted by molar-refractivity contribution is 6.23. The number of unbranched alkanes of at least 4 members (excludes halogenated alkanes) is 2. The van der Waals surface area contributed by atoms with Crippen molar-refractivity contribution in [1.29, 1.82) is 0 Å². The molecule has 20 nitrogen and oxygen atoms in total. The van der Waals surface area contributed by atoms with Gasteiger partial charge in [0.15, 0.2) is 11.6 Å². The molecule has 3 aromatic carbocycles. The Bertz CT molecular complexity index is 2920. The van der Waals surface area contributed by atoms with Crippen molar-refractivity contribution in [3.05, 3.63) is 119 Å². The number of benzene rings is 3. The summed E-state index contributed by atoms with van der Waals surface area (Å²) in [4.78, 5) is 91.7. The molecule has 0 aliphatic carbocycles. The predicted octanol–water partition coefficient (Wildman–Crippen LogP) is 4.65. The van der Waals surface area contributed by atoms with Crippen LogP contribution in [0.2, 0.25) is 0 Å². The smallest absolute Gasteiger partial charge is 0.262 e. The molecule has 0 saturated carbocycles. The number of carbonyl (C=O) groups excluding carboxylic acids is 6. The van der Waals surface area contributed by atoms with Crippen LogP contribution >= 0.6 is 0 Å². The SMILES string of the molecule is CN1CCC(Nc2cccc(C(N)=O)c2CCc2cccc(OCCCCCOCCCOCC(=O)N3CCN(c4cc5c(cc4F)C(=O)N(C4CCC(=O)NC4=O)C5=O)CC3)c2)(c2nc(-c3ccncc3)n[nH]2)CC1. The third kappa shape index (κ3) is 12.4. The van der Waals surface area contributed by atoms with Gasteiger partial charge in [-0.25, -0.2) is 9.37 Å². The number of carbonyl (C=O) groups is 6. The molecule has 6 heterocycles. The Morgan fingerprint density at radius 3 is 2.32 bits per heavy atom. The van der Waals surface area contributed by atoms with Gasteiger partial charge in [-0.1, -0.05) is 18.2 Å². The van der Waals surface area contributed by atoms with Crippen LogP contribution in [0.4, 0.5) is 15.8 Å². The Morgan fingerprint density at radius 2 is 1.55 bits per heavy atom. The summed E-state index contributed by atoms with van der Waals surface area (Å²) < 4.78 is 33.0. The molecule has 76 heavy (non-hydrogen) atoms. The summed E-state index contributed by atoms with van der Waals surface area (Å²) in [6.45, 7) is 4.83. The molecular formula is C55H64FN11O9. The van der Waals surface area contributed by atoms with Gasteiger partial charge in [0.2, 0.25) is 23.6 Å². The maximum atomic E-state index is 15.4. The van der Waals surface area contributed by atoms with Crippen LogP contribution in [0.15, 0.2) is 79.1 Å². The molecule has 4 aliphatic rings. The molecule has 5 N–H and O–H groups in total. The van der Waals surface area contributed by atoms with E-state index in [4.69, 9.17) is 24.9 Å². The maximum absolute atomic E-state index is 15.4. The van der Waals surface area contributed by atoms with E-state index in [0.717, 1.165) is 90.1 Å². The van der Waals surface area contributed by atoms with Crippen LogP contribution in [-0.4, -0.2) is 156 Å². The zero-order valence-corrected chi connectivity index (χ0v) is 42.7. The number of rotatable bonds is 23. The highest BCUT2D eigenvalue weighted by Gasteiger charge is 2.46. The van der Waals surface area contributed by atoms with Crippen LogP contribution < -0.4 is 26.0 Å². The third-order valence-corrected chi connectivity index (χ3v) is 14.6. The Morgan fingerprint density at radius 1 is 0.829 bits per heavy atom. The topological polar surface area (TPSA) is 248 Å². The summed E-state index contributed by atoms with van der Waals surface area (Å²) >= 11 is 0. The summed E-state index contributed by atoms with van der Waals surface area (Å²) in [5, 5.41) is 13.8. The maximum Gasteiger partial charge on any atom is 0.262 e. The van der Waals surface area contributed by atoms with E-state index in [9.17, 15) is 28.8 Å². The monoisotopic (exact) mass is 1040 g/mol. The number of piperidine rings is 2. The number of nitrogens with zero attached hydrogens (tertiary/aromatic N) is 7. The number of primary amides is 1. The zero-order valence-electron chi connectivity index (χ0n) is 42.7. The molecule has 9 rings (SSSR count). The standard InChI is InChI=1S/C55H64FN11O9/c1-64-22-18-55(19-23-64,54-60-50(62-63-54)37-16-20-58-21-17-37)61-44-11-6-10-40(49(57)70)39(44)13-12-36-8-5-9-38(32-36)76-31-4-2-3-28-74-29-7-30-75-35-48(69)66-26-24-65(25-27-66)46-34-42-41(33-43(46)56)52(72)67(53(42)73)45-14-15-47(68)59-51(45)71/h5-6,8-11,16-17,20-21,32-34,45,61H,2-4,7,12-15,18-19,22-31,35H2,1H3,(H2,57,70)(H,59,68,71)(H,60,62,63). The summed E-state index contributed by atoms with van der Waals surface area (Å²) in [5.74, 6) is -1.94. The Labute approximate surface area is 439 Å². The highest BCUT2D eigenvalue weighted by atomic mass is 19.1. The van der Waals surface area contributed by atoms with Gasteiger partial charge in [0.05, 0.1) is 29.0 Å². The first-order valence-electron chi connectivity index (χ1n) is 26.0. The molecule has 0 spiro atoms. The number of anilines is 2. The minimum atomic E-state index is -1.14. The van der Waals surface area contributed by atoms with E-state index in [1.54, 1.807) is 28.3 Å². The number of amides is 6. The van der Waals surface area contributed by atoms with Gasteiger partial charge in [-0.2, -0.15) is 5.10 Å². The summed E-state index contributed by atoms with van der Waals surface area (Å²) in [6.07, 6.45) is 9.49. The predicted molar refractivity (Wildman–Crippen MR) is 278 cm³/mol. The van der Waals surface area contributed by atoms with E-state index in [0.29, 0.717) is 83.3 Å². The Kier molecular flexibility index (Phi) is 17.1. The lowest BCUT2D eigenvalue weighted by Gasteiger charge is -2.41. The van der Waals surface area contributed by atoms with Gasteiger partial charge in [-0.15, -0.1) is 0 Å². The molecule has 400 valence electrons. The molecule has 6 amide bonds. The fraction of sp³-hybridized carbons (Fsp3) is 0.436. The first-order valence-corrected chi connectivity index (χ1v) is 26.0. The zero-order chi connectivity index (χ0) is 53.2. The Balaban J connectivity index is 0.653. The van der Waals surface area contributed by atoms with Crippen molar-refractivity contribution < 1.29 is 47.4 Å². The molecule has 0 bridgehead atoms. The number of piperazine rings is 1. The van der Waals surface area contributed by atoms with E-state index in [1.807, 2.05) is 42.5 Å². The minimum Gasteiger partial charge on any atom is -0.494 e. The average molecular weight is 1040 g/mol. The van der Waals surface area contributed by atoms with Crippen molar-refractivity contribution in [3.8, 4) is 17.1 Å². The number of halogens is 1. The molecular weight excluding hydrogens is 978 g/mol. The number of pyridine rings is 1. The van der Waals surface area contributed by atoms with Crippen molar-refractivity contribution in [2.75, 3.05) is 89.6 Å². The van der Waals surface area contributed by atoms with Crippen molar-refractivity contribution in [2.24, 2.45) is 5.73 Å². The van der Waals surface area contributed by atoms with Gasteiger partial charge in [0.1, 0.15) is 24.2 Å². The number of nitrogens with two attached hydrogens (primary N) is 1. The molecule has 21 heteroatoms. The van der Waals surface area contributed by atoms with Crippen LogP contribution in [0.3, 0.4) is 0 Å². The number of aromatic amines is 1. The van der Waals surface area contributed by atoms with E-state index < -0.39 is 46.9 Å². The molecule has 1 unspecified atom stereocenters. The van der Waals surface area contributed by atoms with E-state index in [1.165, 1.54) is 6.07 Å². The second-order valence-corrected chi connectivity index (χ2v) is 19.7. The molecule has 5 aromatic rings. The number of imide groups is 2. The molecule has 3 saturated heterocycles. The second kappa shape index (κ2) is 24.4. The number of likely N-dealkylation sites (tertiary alicyclic amines) is 1. The third-order valence-electron chi connectivity index (χ3n) is 14.6. The first-order chi connectivity index (χ1) is 36.9. The first kappa shape index (κ1) is 53.2. The van der Waals surface area contributed by atoms with Crippen LogP contribution in [0, 0.1) is 5.82 Å². The molecule has 0 radical (unpaired) electrons. The van der Waals surface area contributed by atoms with E-state index in [-0.39, 0.29) is 42.2 Å². The molecule has 2 aromatic heterocycles. The van der Waals surface area contributed by atoms with E-state index >= 15 is 4.39 Å². The van der Waals surface area contributed by atoms with Crippen molar-refractivity contribution in [2.45, 2.75) is 75.8 Å². The number of fused-ring (bicyclic) bond motifs is 1. The number of nitrogens with one attached hydrogen (secondary N) is 3. The summed E-state index contributed by atoms with van der Waals surface area (Å²) in [5.41, 5.74) is 9.53. The number of hydrogen-bond donors (Lipinski definition) is 4. The van der Waals surface area contributed by atoms with E-state index in [2.05, 4.69) is 43.8 Å². The molecule has 3 fully saturated rings. The number of hydrogen-bond acceptors (Lipinski definition) is 15. The lowest BCUT2D eigenvalue weighted by atomic mass is 9.85. The number of aryl methyl sites for hydroxylation is 1. The lowest BCUT2D eigenvalue weighted by Crippen LogP contribution is -2.54. The van der Waals surface area contributed by atoms with Crippen LogP contribution in [0.25, 0.3) is 11.4 Å². The van der Waals surface area contributed by atoms with Crippen LogP contribution in [0.1, 0.15) is 99.4 Å². The number of H-pyrrole nitrogens is 1. The van der Waals surface area contributed by atoms with Crippen LogP contribution in [-0.2, 0) is 42.2 Å². The van der Waals surface area contributed by atoms with Crippen molar-refractivity contribution in [1.82, 2.24) is 40.2 Å². The largest absolute Gasteiger partial charge is 0.494 e. The van der Waals surface area contributed by atoms with Crippen molar-refractivity contribution in [3.63, 3.8) is 0 Å². The van der Waals surface area contributed by atoms with Gasteiger partial charge in [-0.05, 0) is 124 Å². The normalized spacial score (nSPS) is 17.7. The quantitative estimate of drug-likeness (QED) is 0.0514. The summed E-state index contributed by atoms with van der Waals surface area (Å²) in [7, 11) is 2.11. The van der Waals surface area contributed by atoms with Gasteiger partial charge < -0.3 is 40.0 Å². The summed E-state index contributed by atoms with van der Waals surface area (Å²) in [6, 6.07) is 18.7. The average Bonchev–Trinajstić information content (AvgIpc) is 4.02. The Hall–Kier alpha value is -7.62. The van der Waals surface area contributed by atoms with Crippen molar-refractivity contribution >= 4 is 46.8 Å². The number of ether oxygens (including phenoxy) is 3. The molecule has 1 atom stereocenters. The van der Waals surface area contributed by atoms with Gasteiger partial charge in [0, 0.05) is 94.7 Å². The molecule has 4 aliphatic heterocycles. The van der Waals surface area contributed by atoms with Gasteiger partial charge in [0.25, 0.3) is 11.8 Å². The minimum absolute atomic E-state index is 0.00312. The van der Waals surface area contributed by atoms with Crippen LogP contribution in [0.5, 0.6) is 5.75 Å². The van der Waals surface area contributed by atoms with Gasteiger partial charge in [-0.3, -0.25) is 49.1 Å². The van der Waals surface area contributed by atoms with Gasteiger partial charge >= 0.3 is 0 Å². The number of aromatic nitrogens is 4. The second-order valence-electron chi connectivity index (χ2n) is 19.7. The highest BCUT2D eigenvalue weighted by Crippen LogP contribution is 2.38. The fourth-order valence-electron chi connectivity index (χ4n) is 10.3. The fourth-order valence-corrected chi connectivity index (χ4v) is 10.3.